The predicted octanol–water partition coefficient (Wildman–Crippen LogP) is 2.50. The molecule has 0 N–H and O–H groups in total. The second kappa shape index (κ2) is 9.23. The first kappa shape index (κ1) is 21.6. The number of hydrogen-bond acceptors (Lipinski definition) is 7. The number of rotatable bonds is 6. The first-order valence-electron chi connectivity index (χ1n) is 10.4. The quantitative estimate of drug-likeness (QED) is 0.545. The number of ether oxygens (including phenoxy) is 1. The average Bonchev–Trinajstić information content (AvgIpc) is 3.20. The number of aryl methyl sites for hydroxylation is 2. The molecule has 3 aromatic rings. The van der Waals surface area contributed by atoms with Crippen LogP contribution in [0.2, 0.25) is 0 Å². The molecule has 2 aromatic heterocycles. The molecule has 1 aliphatic heterocycles. The van der Waals surface area contributed by atoms with Crippen molar-refractivity contribution >= 4 is 29.1 Å². The lowest BCUT2D eigenvalue weighted by atomic mass is 10.1. The first-order valence-corrected chi connectivity index (χ1v) is 11.6. The van der Waals surface area contributed by atoms with Gasteiger partial charge in [-0.05, 0) is 31.7 Å². The highest BCUT2D eigenvalue weighted by Crippen LogP contribution is 2.23. The predicted molar refractivity (Wildman–Crippen MR) is 122 cm³/mol. The standard InChI is InChI=1S/C22H28N6O2S/c1-15-18(16(2)28-21(23-15)24-22(25-28)31-4)13-20(29)26(3)14-17-7-5-6-8-19(17)27-9-11-30-12-10-27/h5-8H,9-14H2,1-4H3. The van der Waals surface area contributed by atoms with Crippen molar-refractivity contribution in [2.24, 2.45) is 0 Å². The number of aromatic nitrogens is 4. The third kappa shape index (κ3) is 4.52. The fourth-order valence-corrected chi connectivity index (χ4v) is 4.26. The van der Waals surface area contributed by atoms with E-state index in [1.165, 1.54) is 17.4 Å². The van der Waals surface area contributed by atoms with Crippen LogP contribution in [0.3, 0.4) is 0 Å². The highest BCUT2D eigenvalue weighted by Gasteiger charge is 2.20. The zero-order chi connectivity index (χ0) is 22.0. The molecule has 0 atom stereocenters. The van der Waals surface area contributed by atoms with Crippen molar-refractivity contribution in [3.05, 3.63) is 46.8 Å². The molecule has 0 bridgehead atoms. The second-order valence-electron chi connectivity index (χ2n) is 7.73. The zero-order valence-corrected chi connectivity index (χ0v) is 19.3. The van der Waals surface area contributed by atoms with E-state index < -0.39 is 0 Å². The number of morpholine rings is 1. The number of likely N-dealkylation sites (N-methyl/N-ethyl adjacent to an activating group) is 1. The van der Waals surface area contributed by atoms with E-state index in [-0.39, 0.29) is 12.3 Å². The number of para-hydroxylation sites is 1. The van der Waals surface area contributed by atoms with Crippen molar-refractivity contribution in [2.75, 3.05) is 44.5 Å². The molecule has 1 fully saturated rings. The fraction of sp³-hybridized carbons (Fsp3) is 0.455. The molecule has 3 heterocycles. The fourth-order valence-electron chi connectivity index (χ4n) is 3.92. The Bertz CT molecular complexity index is 1090. The Morgan fingerprint density at radius 1 is 1.19 bits per heavy atom. The smallest absolute Gasteiger partial charge is 0.253 e. The number of nitrogens with zero attached hydrogens (tertiary/aromatic N) is 6. The van der Waals surface area contributed by atoms with E-state index >= 15 is 0 Å². The summed E-state index contributed by atoms with van der Waals surface area (Å²) in [5.74, 6) is 0.623. The molecule has 0 radical (unpaired) electrons. The zero-order valence-electron chi connectivity index (χ0n) is 18.5. The van der Waals surface area contributed by atoms with Gasteiger partial charge in [0, 0.05) is 49.3 Å². The third-order valence-electron chi connectivity index (χ3n) is 5.72. The lowest BCUT2D eigenvalue weighted by molar-refractivity contribution is -0.129. The van der Waals surface area contributed by atoms with Crippen LogP contribution in [0, 0.1) is 13.8 Å². The van der Waals surface area contributed by atoms with Crippen LogP contribution in [0.5, 0.6) is 0 Å². The molecule has 0 saturated carbocycles. The molecule has 31 heavy (non-hydrogen) atoms. The molecular formula is C22H28N6O2S. The molecule has 1 saturated heterocycles. The van der Waals surface area contributed by atoms with Crippen LogP contribution in [-0.2, 0) is 22.5 Å². The van der Waals surface area contributed by atoms with Crippen molar-refractivity contribution in [2.45, 2.75) is 32.0 Å². The number of carbonyl (C=O) groups is 1. The summed E-state index contributed by atoms with van der Waals surface area (Å²) < 4.78 is 7.21. The Morgan fingerprint density at radius 2 is 1.94 bits per heavy atom. The number of benzene rings is 1. The van der Waals surface area contributed by atoms with Crippen molar-refractivity contribution in [3.63, 3.8) is 0 Å². The number of anilines is 1. The van der Waals surface area contributed by atoms with Gasteiger partial charge in [0.25, 0.3) is 5.78 Å². The minimum atomic E-state index is 0.0503. The molecule has 9 heteroatoms. The number of hydrogen-bond donors (Lipinski definition) is 0. The molecule has 4 rings (SSSR count). The molecule has 1 aliphatic rings. The topological polar surface area (TPSA) is 75.9 Å². The van der Waals surface area contributed by atoms with Gasteiger partial charge in [-0.1, -0.05) is 30.0 Å². The Hall–Kier alpha value is -2.65. The van der Waals surface area contributed by atoms with E-state index in [1.54, 1.807) is 9.42 Å². The lowest BCUT2D eigenvalue weighted by Gasteiger charge is -2.31. The highest BCUT2D eigenvalue weighted by molar-refractivity contribution is 7.98. The Labute approximate surface area is 186 Å². The first-order chi connectivity index (χ1) is 15.0. The van der Waals surface area contributed by atoms with Crippen molar-refractivity contribution < 1.29 is 9.53 Å². The number of thioether (sulfide) groups is 1. The maximum absolute atomic E-state index is 13.1. The lowest BCUT2D eigenvalue weighted by Crippen LogP contribution is -2.37. The summed E-state index contributed by atoms with van der Waals surface area (Å²) in [4.78, 5) is 26.2. The minimum absolute atomic E-state index is 0.0503. The van der Waals surface area contributed by atoms with Crippen LogP contribution < -0.4 is 4.90 Å². The summed E-state index contributed by atoms with van der Waals surface area (Å²) in [5.41, 5.74) is 4.95. The third-order valence-corrected chi connectivity index (χ3v) is 6.25. The van der Waals surface area contributed by atoms with Gasteiger partial charge in [-0.3, -0.25) is 4.79 Å². The number of amides is 1. The molecule has 164 valence electrons. The van der Waals surface area contributed by atoms with Gasteiger partial charge in [0.1, 0.15) is 0 Å². The molecule has 1 aromatic carbocycles. The van der Waals surface area contributed by atoms with E-state index in [0.29, 0.717) is 17.5 Å². The van der Waals surface area contributed by atoms with Crippen LogP contribution >= 0.6 is 11.8 Å². The maximum atomic E-state index is 13.1. The number of carbonyl (C=O) groups excluding carboxylic acids is 1. The van der Waals surface area contributed by atoms with Crippen LogP contribution in [0.1, 0.15) is 22.5 Å². The Morgan fingerprint density at radius 3 is 2.68 bits per heavy atom. The van der Waals surface area contributed by atoms with Crippen LogP contribution in [0.15, 0.2) is 29.4 Å². The van der Waals surface area contributed by atoms with Gasteiger partial charge in [0.05, 0.1) is 19.6 Å². The van der Waals surface area contributed by atoms with Crippen molar-refractivity contribution in [3.8, 4) is 0 Å². The van der Waals surface area contributed by atoms with E-state index in [0.717, 1.165) is 48.8 Å². The Kier molecular flexibility index (Phi) is 6.43. The van der Waals surface area contributed by atoms with Crippen LogP contribution in [0.4, 0.5) is 5.69 Å². The average molecular weight is 441 g/mol. The molecule has 1 amide bonds. The van der Waals surface area contributed by atoms with Crippen LogP contribution in [-0.4, -0.2) is 70.0 Å². The van der Waals surface area contributed by atoms with Crippen molar-refractivity contribution in [1.82, 2.24) is 24.5 Å². The largest absolute Gasteiger partial charge is 0.378 e. The molecule has 8 nitrogen and oxygen atoms in total. The molecule has 0 spiro atoms. The minimum Gasteiger partial charge on any atom is -0.378 e. The van der Waals surface area contributed by atoms with Gasteiger partial charge in [-0.25, -0.2) is 9.50 Å². The maximum Gasteiger partial charge on any atom is 0.253 e. The number of fused-ring (bicyclic) bond motifs is 1. The summed E-state index contributed by atoms with van der Waals surface area (Å²) in [5, 5.41) is 5.16. The van der Waals surface area contributed by atoms with Gasteiger partial charge >= 0.3 is 0 Å². The summed E-state index contributed by atoms with van der Waals surface area (Å²) in [7, 11) is 1.86. The van der Waals surface area contributed by atoms with Crippen LogP contribution in [0.25, 0.3) is 5.78 Å². The van der Waals surface area contributed by atoms with Gasteiger partial charge < -0.3 is 14.5 Å². The van der Waals surface area contributed by atoms with Crippen molar-refractivity contribution in [1.29, 1.82) is 0 Å². The SMILES string of the molecule is CSc1nc2nc(C)c(CC(=O)N(C)Cc3ccccc3N3CCOCC3)c(C)n2n1. The summed E-state index contributed by atoms with van der Waals surface area (Å²) in [6, 6.07) is 8.29. The van der Waals surface area contributed by atoms with E-state index in [4.69, 9.17) is 4.74 Å². The molecule has 0 unspecified atom stereocenters. The summed E-state index contributed by atoms with van der Waals surface area (Å²) in [6.45, 7) is 7.66. The summed E-state index contributed by atoms with van der Waals surface area (Å²) in [6.07, 6.45) is 2.22. The molecule has 0 aliphatic carbocycles. The second-order valence-corrected chi connectivity index (χ2v) is 8.50. The van der Waals surface area contributed by atoms with E-state index in [1.807, 2.05) is 39.3 Å². The van der Waals surface area contributed by atoms with Gasteiger partial charge in [-0.15, -0.1) is 5.10 Å². The normalized spacial score (nSPS) is 14.3. The van der Waals surface area contributed by atoms with E-state index in [9.17, 15) is 4.79 Å². The van der Waals surface area contributed by atoms with Gasteiger partial charge in [0.15, 0.2) is 0 Å². The Balaban J connectivity index is 1.52. The summed E-state index contributed by atoms with van der Waals surface area (Å²) >= 11 is 1.48. The monoisotopic (exact) mass is 440 g/mol. The highest BCUT2D eigenvalue weighted by atomic mass is 32.2. The van der Waals surface area contributed by atoms with E-state index in [2.05, 4.69) is 32.1 Å². The molecular weight excluding hydrogens is 412 g/mol. The van der Waals surface area contributed by atoms with Gasteiger partial charge in [-0.2, -0.15) is 4.98 Å². The van der Waals surface area contributed by atoms with Gasteiger partial charge in [0.2, 0.25) is 11.1 Å².